The van der Waals surface area contributed by atoms with Gasteiger partial charge in [-0.25, -0.2) is 0 Å². The molecule has 3 rings (SSSR count). The van der Waals surface area contributed by atoms with E-state index in [1.54, 1.807) is 0 Å². The minimum atomic E-state index is 0.621. The summed E-state index contributed by atoms with van der Waals surface area (Å²) in [6.07, 6.45) is 0. The lowest BCUT2D eigenvalue weighted by Gasteiger charge is -1.97. The smallest absolute Gasteiger partial charge is 0.0575 e. The van der Waals surface area contributed by atoms with Crippen LogP contribution in [0.25, 0.3) is 0 Å². The van der Waals surface area contributed by atoms with Gasteiger partial charge in [-0.2, -0.15) is 0 Å². The average molecular weight is 341 g/mol. The van der Waals surface area contributed by atoms with Crippen molar-refractivity contribution in [2.45, 2.75) is 13.8 Å². The maximum absolute atomic E-state index is 6.35. The maximum Gasteiger partial charge on any atom is 0.0575 e. The minimum Gasteiger partial charge on any atom is -0.0829 e. The second-order valence-electron chi connectivity index (χ2n) is 5.93. The zero-order valence-corrected chi connectivity index (χ0v) is 15.0. The van der Waals surface area contributed by atoms with Crippen molar-refractivity contribution in [3.05, 3.63) is 105 Å². The van der Waals surface area contributed by atoms with Crippen molar-refractivity contribution in [3.8, 4) is 23.7 Å². The monoisotopic (exact) mass is 340 g/mol. The van der Waals surface area contributed by atoms with Gasteiger partial charge in [0.15, 0.2) is 0 Å². The molecule has 0 nitrogen and oxygen atoms in total. The molecule has 25 heavy (non-hydrogen) atoms. The topological polar surface area (TPSA) is 0 Å². The van der Waals surface area contributed by atoms with Crippen LogP contribution in [-0.2, 0) is 0 Å². The molecule has 0 amide bonds. The number of benzene rings is 3. The number of rotatable bonds is 0. The second-order valence-corrected chi connectivity index (χ2v) is 6.33. The lowest BCUT2D eigenvalue weighted by molar-refractivity contribution is 1.46. The Morgan fingerprint density at radius 1 is 0.560 bits per heavy atom. The van der Waals surface area contributed by atoms with Gasteiger partial charge in [0.1, 0.15) is 0 Å². The number of hydrogen-bond donors (Lipinski definition) is 0. The summed E-state index contributed by atoms with van der Waals surface area (Å²) in [7, 11) is 0. The molecule has 0 aliphatic heterocycles. The standard InChI is InChI=1S/C24H17Cl/c1-18-3-7-20(8-4-18)11-12-22-14-16-23(24(25)17-22)15-13-21-9-5-19(2)6-10-21/h3-10,14,16-17H,1-2H3. The van der Waals surface area contributed by atoms with Gasteiger partial charge in [0.2, 0.25) is 0 Å². The first-order valence-corrected chi connectivity index (χ1v) is 8.45. The predicted octanol–water partition coefficient (Wildman–Crippen LogP) is 5.76. The fourth-order valence-electron chi connectivity index (χ4n) is 2.25. The Kier molecular flexibility index (Phi) is 5.25. The Bertz CT molecular complexity index is 1000. The van der Waals surface area contributed by atoms with Gasteiger partial charge >= 0.3 is 0 Å². The van der Waals surface area contributed by atoms with Gasteiger partial charge in [0, 0.05) is 22.3 Å². The van der Waals surface area contributed by atoms with Crippen molar-refractivity contribution < 1.29 is 0 Å². The van der Waals surface area contributed by atoms with E-state index < -0.39 is 0 Å². The highest BCUT2D eigenvalue weighted by Gasteiger charge is 1.98. The summed E-state index contributed by atoms with van der Waals surface area (Å²) in [6, 6.07) is 22.0. The molecule has 0 aliphatic carbocycles. The van der Waals surface area contributed by atoms with Crippen LogP contribution in [0.15, 0.2) is 66.7 Å². The Balaban J connectivity index is 1.80. The number of hydrogen-bond acceptors (Lipinski definition) is 0. The van der Waals surface area contributed by atoms with Crippen LogP contribution < -0.4 is 0 Å². The molecule has 0 saturated heterocycles. The summed E-state index contributed by atoms with van der Waals surface area (Å²) in [5.74, 6) is 12.6. The fourth-order valence-corrected chi connectivity index (χ4v) is 2.48. The third-order valence-electron chi connectivity index (χ3n) is 3.76. The highest BCUT2D eigenvalue weighted by atomic mass is 35.5. The van der Waals surface area contributed by atoms with Crippen LogP contribution in [0.1, 0.15) is 33.4 Å². The lowest BCUT2D eigenvalue weighted by atomic mass is 10.1. The van der Waals surface area contributed by atoms with Crippen LogP contribution >= 0.6 is 11.6 Å². The first-order valence-electron chi connectivity index (χ1n) is 8.07. The Labute approximate surface area is 154 Å². The predicted molar refractivity (Wildman–Crippen MR) is 106 cm³/mol. The molecule has 0 spiro atoms. The van der Waals surface area contributed by atoms with Crippen LogP contribution in [0.4, 0.5) is 0 Å². The van der Waals surface area contributed by atoms with Gasteiger partial charge in [-0.05, 0) is 56.3 Å². The van der Waals surface area contributed by atoms with Crippen molar-refractivity contribution >= 4 is 11.6 Å². The second kappa shape index (κ2) is 7.76. The summed E-state index contributed by atoms with van der Waals surface area (Å²) >= 11 is 6.35. The zero-order valence-electron chi connectivity index (χ0n) is 14.2. The van der Waals surface area contributed by atoms with Gasteiger partial charge in [-0.1, -0.05) is 70.7 Å². The Morgan fingerprint density at radius 2 is 1.00 bits per heavy atom. The molecule has 3 aromatic rings. The van der Waals surface area contributed by atoms with E-state index in [2.05, 4.69) is 61.8 Å². The highest BCUT2D eigenvalue weighted by Crippen LogP contribution is 2.17. The first kappa shape index (κ1) is 16.9. The van der Waals surface area contributed by atoms with Gasteiger partial charge in [-0.15, -0.1) is 0 Å². The maximum atomic E-state index is 6.35. The molecule has 0 bridgehead atoms. The van der Waals surface area contributed by atoms with E-state index in [1.807, 2.05) is 42.5 Å². The quantitative estimate of drug-likeness (QED) is 0.457. The van der Waals surface area contributed by atoms with E-state index in [1.165, 1.54) is 11.1 Å². The first-order chi connectivity index (χ1) is 12.1. The van der Waals surface area contributed by atoms with Crippen LogP contribution in [-0.4, -0.2) is 0 Å². The average Bonchev–Trinajstić information content (AvgIpc) is 2.62. The molecule has 0 fully saturated rings. The summed E-state index contributed by atoms with van der Waals surface area (Å²) in [6.45, 7) is 4.12. The molecule has 0 aliphatic rings. The van der Waals surface area contributed by atoms with Gasteiger partial charge in [-0.3, -0.25) is 0 Å². The van der Waals surface area contributed by atoms with E-state index in [-0.39, 0.29) is 0 Å². The number of halogens is 1. The molecule has 0 atom stereocenters. The molecular formula is C24H17Cl. The molecule has 0 saturated carbocycles. The zero-order chi connectivity index (χ0) is 17.6. The molecule has 0 radical (unpaired) electrons. The largest absolute Gasteiger partial charge is 0.0829 e. The molecule has 0 aromatic heterocycles. The van der Waals surface area contributed by atoms with E-state index in [9.17, 15) is 0 Å². The third-order valence-corrected chi connectivity index (χ3v) is 4.08. The van der Waals surface area contributed by atoms with E-state index >= 15 is 0 Å². The van der Waals surface area contributed by atoms with E-state index in [0.29, 0.717) is 5.02 Å². The lowest BCUT2D eigenvalue weighted by Crippen LogP contribution is -1.82. The molecule has 0 N–H and O–H groups in total. The van der Waals surface area contributed by atoms with Crippen LogP contribution in [0.5, 0.6) is 0 Å². The van der Waals surface area contributed by atoms with Crippen LogP contribution in [0.3, 0.4) is 0 Å². The highest BCUT2D eigenvalue weighted by molar-refractivity contribution is 6.31. The summed E-state index contributed by atoms with van der Waals surface area (Å²) in [4.78, 5) is 0. The van der Waals surface area contributed by atoms with Gasteiger partial charge in [0.05, 0.1) is 5.02 Å². The molecule has 120 valence electrons. The van der Waals surface area contributed by atoms with Crippen molar-refractivity contribution in [2.24, 2.45) is 0 Å². The van der Waals surface area contributed by atoms with Crippen molar-refractivity contribution in [1.29, 1.82) is 0 Å². The molecule has 1 heteroatoms. The molecule has 0 unspecified atom stereocenters. The molecule has 3 aromatic carbocycles. The van der Waals surface area contributed by atoms with E-state index in [0.717, 1.165) is 22.3 Å². The fraction of sp³-hybridized carbons (Fsp3) is 0.0833. The van der Waals surface area contributed by atoms with Crippen LogP contribution in [0, 0.1) is 37.5 Å². The normalized spacial score (nSPS) is 9.56. The van der Waals surface area contributed by atoms with Gasteiger partial charge in [0.25, 0.3) is 0 Å². The summed E-state index contributed by atoms with van der Waals surface area (Å²) < 4.78 is 0. The van der Waals surface area contributed by atoms with Crippen molar-refractivity contribution in [1.82, 2.24) is 0 Å². The Morgan fingerprint density at radius 3 is 1.52 bits per heavy atom. The van der Waals surface area contributed by atoms with Crippen LogP contribution in [0.2, 0.25) is 5.02 Å². The summed E-state index contributed by atoms with van der Waals surface area (Å²) in [5, 5.41) is 0.621. The minimum absolute atomic E-state index is 0.621. The van der Waals surface area contributed by atoms with E-state index in [4.69, 9.17) is 11.6 Å². The summed E-state index contributed by atoms with van der Waals surface area (Å²) in [5.41, 5.74) is 6.11. The SMILES string of the molecule is Cc1ccc(C#Cc2ccc(C#Cc3ccc(C)cc3)c(Cl)c2)cc1. The van der Waals surface area contributed by atoms with Crippen molar-refractivity contribution in [3.63, 3.8) is 0 Å². The molecule has 0 heterocycles. The Hall–Kier alpha value is -2.93. The van der Waals surface area contributed by atoms with Gasteiger partial charge < -0.3 is 0 Å². The third kappa shape index (κ3) is 4.77. The molecular weight excluding hydrogens is 324 g/mol. The van der Waals surface area contributed by atoms with Crippen molar-refractivity contribution in [2.75, 3.05) is 0 Å². The number of aryl methyl sites for hydroxylation is 2.